The minimum atomic E-state index is -0.548. The summed E-state index contributed by atoms with van der Waals surface area (Å²) in [6.45, 7) is 5.40. The highest BCUT2D eigenvalue weighted by molar-refractivity contribution is 7.18. The van der Waals surface area contributed by atoms with Crippen molar-refractivity contribution in [1.82, 2.24) is 0 Å². The highest BCUT2D eigenvalue weighted by Gasteiger charge is 2.22. The Morgan fingerprint density at radius 1 is 1.28 bits per heavy atom. The van der Waals surface area contributed by atoms with Gasteiger partial charge in [-0.05, 0) is 32.9 Å². The van der Waals surface area contributed by atoms with E-state index in [1.807, 2.05) is 0 Å². The largest absolute Gasteiger partial charge is 0.465 e. The van der Waals surface area contributed by atoms with Gasteiger partial charge in [0.05, 0.1) is 7.11 Å². The second kappa shape index (κ2) is 5.39. The summed E-state index contributed by atoms with van der Waals surface area (Å²) in [5.74, 6) is -0.413. The van der Waals surface area contributed by atoms with Gasteiger partial charge in [0.2, 0.25) is 0 Å². The number of carbonyl (C=O) groups excluding carboxylic acids is 2. The molecule has 1 rings (SSSR count). The molecule has 0 aliphatic heterocycles. The number of nitrogens with zero attached hydrogens (tertiary/aromatic N) is 1. The predicted molar refractivity (Wildman–Crippen MR) is 70.3 cm³/mol. The normalized spacial score (nSPS) is 10.9. The third-order valence-corrected chi connectivity index (χ3v) is 3.12. The van der Waals surface area contributed by atoms with E-state index in [4.69, 9.17) is 4.74 Å². The Hall–Kier alpha value is -1.56. The highest BCUT2D eigenvalue weighted by Crippen LogP contribution is 2.26. The van der Waals surface area contributed by atoms with Gasteiger partial charge in [0.15, 0.2) is 0 Å². The van der Waals surface area contributed by atoms with Crippen molar-refractivity contribution >= 4 is 28.4 Å². The lowest BCUT2D eigenvalue weighted by Crippen LogP contribution is -2.33. The molecule has 0 aliphatic carbocycles. The number of rotatable bonds is 2. The molecule has 5 nitrogen and oxygen atoms in total. The van der Waals surface area contributed by atoms with E-state index in [-0.39, 0.29) is 0 Å². The van der Waals surface area contributed by atoms with Crippen molar-refractivity contribution in [3.8, 4) is 0 Å². The lowest BCUT2D eigenvalue weighted by atomic mass is 10.2. The molecule has 1 amide bonds. The van der Waals surface area contributed by atoms with Crippen LogP contribution in [0.15, 0.2) is 12.1 Å². The molecule has 1 aromatic rings. The van der Waals surface area contributed by atoms with Crippen LogP contribution in [0.5, 0.6) is 0 Å². The van der Waals surface area contributed by atoms with Crippen LogP contribution in [0.1, 0.15) is 30.4 Å². The van der Waals surface area contributed by atoms with Crippen LogP contribution in [0.4, 0.5) is 9.80 Å². The average molecular weight is 271 g/mol. The van der Waals surface area contributed by atoms with Gasteiger partial charge in [-0.1, -0.05) is 0 Å². The third kappa shape index (κ3) is 3.73. The molecule has 6 heteroatoms. The predicted octanol–water partition coefficient (Wildman–Crippen LogP) is 2.91. The summed E-state index contributed by atoms with van der Waals surface area (Å²) >= 11 is 1.18. The van der Waals surface area contributed by atoms with E-state index in [1.165, 1.54) is 23.3 Å². The van der Waals surface area contributed by atoms with Gasteiger partial charge in [-0.3, -0.25) is 4.90 Å². The number of amides is 1. The number of thiophene rings is 1. The van der Waals surface area contributed by atoms with Crippen LogP contribution in [-0.4, -0.2) is 31.8 Å². The van der Waals surface area contributed by atoms with Gasteiger partial charge >= 0.3 is 12.1 Å². The summed E-state index contributed by atoms with van der Waals surface area (Å²) in [5.41, 5.74) is -0.548. The fraction of sp³-hybridized carbons (Fsp3) is 0.500. The van der Waals surface area contributed by atoms with Crippen molar-refractivity contribution in [2.45, 2.75) is 26.4 Å². The number of methoxy groups -OCH3 is 1. The first-order chi connectivity index (χ1) is 8.24. The molecule has 0 aliphatic rings. The zero-order chi connectivity index (χ0) is 13.9. The lowest BCUT2D eigenvalue weighted by Gasteiger charge is -2.23. The second-order valence-corrected chi connectivity index (χ2v) is 5.73. The molecule has 100 valence electrons. The highest BCUT2D eigenvalue weighted by atomic mass is 32.1. The minimum absolute atomic E-state index is 0.413. The summed E-state index contributed by atoms with van der Waals surface area (Å²) < 4.78 is 9.83. The first kappa shape index (κ1) is 14.5. The molecule has 0 N–H and O–H groups in total. The van der Waals surface area contributed by atoms with E-state index in [2.05, 4.69) is 4.74 Å². The number of hydrogen-bond donors (Lipinski definition) is 0. The maximum atomic E-state index is 11.8. The van der Waals surface area contributed by atoms with Gasteiger partial charge in [-0.15, -0.1) is 11.3 Å². The first-order valence-corrected chi connectivity index (χ1v) is 6.21. The molecule has 0 fully saturated rings. The number of esters is 1. The molecule has 18 heavy (non-hydrogen) atoms. The minimum Gasteiger partial charge on any atom is -0.465 e. The molecule has 0 saturated carbocycles. The molecule has 0 saturated heterocycles. The van der Waals surface area contributed by atoms with Crippen molar-refractivity contribution in [3.63, 3.8) is 0 Å². The zero-order valence-corrected chi connectivity index (χ0v) is 12.0. The van der Waals surface area contributed by atoms with E-state index in [0.29, 0.717) is 9.88 Å². The lowest BCUT2D eigenvalue weighted by molar-refractivity contribution is 0.0585. The maximum Gasteiger partial charge on any atom is 0.415 e. The standard InChI is InChI=1S/C12H17NO4S/c1-12(2,3)17-11(15)13(4)9-7-6-8(18-9)10(14)16-5/h6-7H,1-5H3. The topological polar surface area (TPSA) is 55.8 Å². The van der Waals surface area contributed by atoms with E-state index in [1.54, 1.807) is 40.0 Å². The van der Waals surface area contributed by atoms with Crippen LogP contribution < -0.4 is 4.90 Å². The van der Waals surface area contributed by atoms with Crippen molar-refractivity contribution < 1.29 is 19.1 Å². The van der Waals surface area contributed by atoms with Crippen LogP contribution in [0, 0.1) is 0 Å². The van der Waals surface area contributed by atoms with Gasteiger partial charge < -0.3 is 9.47 Å². The van der Waals surface area contributed by atoms with Gasteiger partial charge in [0, 0.05) is 7.05 Å². The monoisotopic (exact) mass is 271 g/mol. The Morgan fingerprint density at radius 2 is 1.89 bits per heavy atom. The van der Waals surface area contributed by atoms with Crippen LogP contribution in [0.2, 0.25) is 0 Å². The third-order valence-electron chi connectivity index (χ3n) is 1.98. The van der Waals surface area contributed by atoms with Gasteiger partial charge in [0.1, 0.15) is 15.5 Å². The first-order valence-electron chi connectivity index (χ1n) is 5.39. The molecular formula is C12H17NO4S. The fourth-order valence-corrected chi connectivity index (χ4v) is 2.01. The van der Waals surface area contributed by atoms with Crippen LogP contribution in [0.3, 0.4) is 0 Å². The van der Waals surface area contributed by atoms with Crippen LogP contribution in [-0.2, 0) is 9.47 Å². The Labute approximate surface area is 110 Å². The number of anilines is 1. The van der Waals surface area contributed by atoms with E-state index < -0.39 is 17.7 Å². The van der Waals surface area contributed by atoms with E-state index in [9.17, 15) is 9.59 Å². The van der Waals surface area contributed by atoms with E-state index in [0.717, 1.165) is 0 Å². The molecule has 0 unspecified atom stereocenters. The number of ether oxygens (including phenoxy) is 2. The van der Waals surface area contributed by atoms with Crippen LogP contribution >= 0.6 is 11.3 Å². The fourth-order valence-electron chi connectivity index (χ4n) is 1.14. The summed E-state index contributed by atoms with van der Waals surface area (Å²) in [4.78, 5) is 24.9. The molecule has 0 aromatic carbocycles. The van der Waals surface area contributed by atoms with Gasteiger partial charge in [-0.2, -0.15) is 0 Å². The Kier molecular flexibility index (Phi) is 4.34. The molecule has 1 heterocycles. The van der Waals surface area contributed by atoms with Crippen molar-refractivity contribution in [2.75, 3.05) is 19.1 Å². The molecule has 1 aromatic heterocycles. The Morgan fingerprint density at radius 3 is 2.39 bits per heavy atom. The summed E-state index contributed by atoms with van der Waals surface area (Å²) in [5, 5.41) is 0.629. The summed E-state index contributed by atoms with van der Waals surface area (Å²) in [6.07, 6.45) is -0.458. The maximum absolute atomic E-state index is 11.8. The Balaban J connectivity index is 2.78. The quantitative estimate of drug-likeness (QED) is 0.776. The number of hydrogen-bond acceptors (Lipinski definition) is 5. The number of carbonyl (C=O) groups is 2. The van der Waals surface area contributed by atoms with Crippen molar-refractivity contribution in [1.29, 1.82) is 0 Å². The van der Waals surface area contributed by atoms with Gasteiger partial charge in [0.25, 0.3) is 0 Å². The second-order valence-electron chi connectivity index (χ2n) is 4.67. The molecule has 0 radical (unpaired) electrons. The van der Waals surface area contributed by atoms with Crippen molar-refractivity contribution in [2.24, 2.45) is 0 Å². The molecular weight excluding hydrogens is 254 g/mol. The van der Waals surface area contributed by atoms with Crippen LogP contribution in [0.25, 0.3) is 0 Å². The molecule has 0 bridgehead atoms. The smallest absolute Gasteiger partial charge is 0.415 e. The van der Waals surface area contributed by atoms with E-state index >= 15 is 0 Å². The Bertz CT molecular complexity index is 447. The molecule has 0 spiro atoms. The van der Waals surface area contributed by atoms with Gasteiger partial charge in [-0.25, -0.2) is 9.59 Å². The molecule has 0 atom stereocenters. The average Bonchev–Trinajstić information content (AvgIpc) is 2.73. The van der Waals surface area contributed by atoms with Crippen molar-refractivity contribution in [3.05, 3.63) is 17.0 Å². The zero-order valence-electron chi connectivity index (χ0n) is 11.1. The summed E-state index contributed by atoms with van der Waals surface area (Å²) in [6, 6.07) is 3.30. The SMILES string of the molecule is COC(=O)c1ccc(N(C)C(=O)OC(C)(C)C)s1. The summed E-state index contributed by atoms with van der Waals surface area (Å²) in [7, 11) is 2.92.